The molecule has 0 saturated carbocycles. The van der Waals surface area contributed by atoms with Crippen LogP contribution in [0.3, 0.4) is 0 Å². The van der Waals surface area contributed by atoms with Crippen LogP contribution in [0.2, 0.25) is 0 Å². The molecule has 3 heterocycles. The minimum Gasteiger partial charge on any atom is -0.461 e. The number of nitrogens with zero attached hydrogens (tertiary/aromatic N) is 6. The summed E-state index contributed by atoms with van der Waals surface area (Å²) in [4.78, 5) is 29.8. The summed E-state index contributed by atoms with van der Waals surface area (Å²) in [5, 5.41) is 8.95. The molecule has 2 aromatic heterocycles. The highest BCUT2D eigenvalue weighted by Gasteiger charge is 2.23. The highest BCUT2D eigenvalue weighted by molar-refractivity contribution is 7.99. The fourth-order valence-electron chi connectivity index (χ4n) is 2.77. The van der Waals surface area contributed by atoms with Crippen LogP contribution in [-0.2, 0) is 16.6 Å². The Bertz CT molecular complexity index is 781. The predicted molar refractivity (Wildman–Crippen MR) is 101 cm³/mol. The largest absolute Gasteiger partial charge is 0.461 e. The van der Waals surface area contributed by atoms with E-state index in [1.165, 1.54) is 11.8 Å². The molecule has 9 nitrogen and oxygen atoms in total. The quantitative estimate of drug-likeness (QED) is 0.658. The Morgan fingerprint density at radius 1 is 1.22 bits per heavy atom. The molecule has 1 fully saturated rings. The molecule has 0 aromatic carbocycles. The minimum absolute atomic E-state index is 0.0705. The van der Waals surface area contributed by atoms with Crippen molar-refractivity contribution in [3.63, 3.8) is 0 Å². The second-order valence-electron chi connectivity index (χ2n) is 6.58. The highest BCUT2D eigenvalue weighted by atomic mass is 32.2. The fraction of sp³-hybridized carbons (Fsp3) is 0.529. The molecule has 0 bridgehead atoms. The number of piperazine rings is 1. The molecule has 0 aliphatic carbocycles. The lowest BCUT2D eigenvalue weighted by Crippen LogP contribution is -2.51. The number of hydrogen-bond acceptors (Lipinski definition) is 7. The monoisotopic (exact) mass is 392 g/mol. The van der Waals surface area contributed by atoms with Crippen molar-refractivity contribution in [1.29, 1.82) is 0 Å². The molecule has 0 spiro atoms. The maximum atomic E-state index is 12.5. The van der Waals surface area contributed by atoms with E-state index in [1.54, 1.807) is 31.3 Å². The molecule has 3 rings (SSSR count). The first-order valence-corrected chi connectivity index (χ1v) is 9.70. The molecule has 146 valence electrons. The molecular weight excluding hydrogens is 368 g/mol. The van der Waals surface area contributed by atoms with E-state index in [0.29, 0.717) is 55.2 Å². The molecule has 1 saturated heterocycles. The van der Waals surface area contributed by atoms with E-state index >= 15 is 0 Å². The third-order valence-electron chi connectivity index (χ3n) is 4.48. The van der Waals surface area contributed by atoms with Gasteiger partial charge in [0.1, 0.15) is 0 Å². The second-order valence-corrected chi connectivity index (χ2v) is 7.52. The third-order valence-corrected chi connectivity index (χ3v) is 5.49. The van der Waals surface area contributed by atoms with Gasteiger partial charge in [-0.2, -0.15) is 0 Å². The zero-order valence-corrected chi connectivity index (χ0v) is 16.6. The average Bonchev–Trinajstić information content (AvgIpc) is 3.30. The van der Waals surface area contributed by atoms with Crippen molar-refractivity contribution < 1.29 is 14.0 Å². The van der Waals surface area contributed by atoms with Crippen molar-refractivity contribution in [2.24, 2.45) is 7.05 Å². The van der Waals surface area contributed by atoms with Gasteiger partial charge in [-0.25, -0.2) is 0 Å². The molecule has 1 aliphatic rings. The summed E-state index contributed by atoms with van der Waals surface area (Å²) >= 11 is 1.36. The Kier molecular flexibility index (Phi) is 6.17. The molecule has 0 N–H and O–H groups in total. The molecule has 0 atom stereocenters. The number of rotatable bonds is 6. The Balaban J connectivity index is 1.47. The fourth-order valence-corrected chi connectivity index (χ4v) is 3.58. The highest BCUT2D eigenvalue weighted by Crippen LogP contribution is 2.23. The lowest BCUT2D eigenvalue weighted by atomic mass is 10.3. The maximum Gasteiger partial charge on any atom is 0.236 e. The maximum absolute atomic E-state index is 12.5. The molecule has 0 radical (unpaired) electrons. The summed E-state index contributed by atoms with van der Waals surface area (Å²) in [7, 11) is 5.36. The van der Waals surface area contributed by atoms with Crippen LogP contribution in [0.1, 0.15) is 0 Å². The summed E-state index contributed by atoms with van der Waals surface area (Å²) in [5.74, 6) is 1.74. The summed E-state index contributed by atoms with van der Waals surface area (Å²) in [5.41, 5.74) is 0. The van der Waals surface area contributed by atoms with Crippen LogP contribution in [0, 0.1) is 0 Å². The van der Waals surface area contributed by atoms with E-state index < -0.39 is 0 Å². The number of carbonyl (C=O) groups is 2. The van der Waals surface area contributed by atoms with Gasteiger partial charge >= 0.3 is 0 Å². The topological polar surface area (TPSA) is 87.7 Å². The van der Waals surface area contributed by atoms with E-state index in [1.807, 2.05) is 22.6 Å². The van der Waals surface area contributed by atoms with Crippen LogP contribution in [0.4, 0.5) is 0 Å². The lowest BCUT2D eigenvalue weighted by Gasteiger charge is -2.34. The van der Waals surface area contributed by atoms with Gasteiger partial charge in [0.15, 0.2) is 16.7 Å². The Labute approximate surface area is 162 Å². The second kappa shape index (κ2) is 8.57. The van der Waals surface area contributed by atoms with Gasteiger partial charge in [0, 0.05) is 47.3 Å². The normalized spacial score (nSPS) is 15.1. The standard InChI is InChI=1S/C17H24N6O3S/c1-20(2)14(24)11-22-6-8-23(9-7-22)15(25)12-27-17-19-18-16(21(17)3)13-5-4-10-26-13/h4-5,10H,6-9,11-12H2,1-3H3. The van der Waals surface area contributed by atoms with E-state index in [0.717, 1.165) is 0 Å². The van der Waals surface area contributed by atoms with Crippen LogP contribution in [-0.4, -0.2) is 93.9 Å². The van der Waals surface area contributed by atoms with Gasteiger partial charge in [0.25, 0.3) is 0 Å². The summed E-state index contributed by atoms with van der Waals surface area (Å²) in [6.07, 6.45) is 1.59. The van der Waals surface area contributed by atoms with Crippen molar-refractivity contribution in [2.75, 3.05) is 52.6 Å². The molecule has 0 unspecified atom stereocenters. The summed E-state index contributed by atoms with van der Waals surface area (Å²) < 4.78 is 7.17. The number of amides is 2. The van der Waals surface area contributed by atoms with Crippen LogP contribution in [0.15, 0.2) is 28.0 Å². The lowest BCUT2D eigenvalue weighted by molar-refractivity contribution is -0.132. The third kappa shape index (κ3) is 4.69. The van der Waals surface area contributed by atoms with Crippen molar-refractivity contribution in [3.8, 4) is 11.6 Å². The van der Waals surface area contributed by atoms with Gasteiger partial charge in [0.05, 0.1) is 18.6 Å². The molecular formula is C17H24N6O3S. The first-order valence-electron chi connectivity index (χ1n) is 8.72. The Morgan fingerprint density at radius 2 is 1.96 bits per heavy atom. The molecule has 2 amide bonds. The first-order chi connectivity index (χ1) is 13.0. The summed E-state index contributed by atoms with van der Waals surface area (Å²) in [6.45, 7) is 3.09. The number of carbonyl (C=O) groups excluding carboxylic acids is 2. The van der Waals surface area contributed by atoms with E-state index in [2.05, 4.69) is 15.1 Å². The van der Waals surface area contributed by atoms with Crippen LogP contribution >= 0.6 is 11.8 Å². The van der Waals surface area contributed by atoms with Crippen molar-refractivity contribution in [2.45, 2.75) is 5.16 Å². The zero-order valence-electron chi connectivity index (χ0n) is 15.8. The van der Waals surface area contributed by atoms with E-state index in [-0.39, 0.29) is 11.8 Å². The van der Waals surface area contributed by atoms with Gasteiger partial charge in [-0.3, -0.25) is 14.5 Å². The molecule has 2 aromatic rings. The van der Waals surface area contributed by atoms with Crippen molar-refractivity contribution in [1.82, 2.24) is 29.5 Å². The van der Waals surface area contributed by atoms with E-state index in [4.69, 9.17) is 4.42 Å². The zero-order chi connectivity index (χ0) is 19.4. The molecule has 27 heavy (non-hydrogen) atoms. The van der Waals surface area contributed by atoms with Crippen LogP contribution in [0.5, 0.6) is 0 Å². The first kappa shape index (κ1) is 19.4. The van der Waals surface area contributed by atoms with Gasteiger partial charge in [-0.1, -0.05) is 11.8 Å². The van der Waals surface area contributed by atoms with Gasteiger partial charge in [0.2, 0.25) is 11.8 Å². The van der Waals surface area contributed by atoms with Crippen molar-refractivity contribution in [3.05, 3.63) is 18.4 Å². The number of furan rings is 1. The number of hydrogen-bond donors (Lipinski definition) is 0. The van der Waals surface area contributed by atoms with Gasteiger partial charge in [-0.15, -0.1) is 10.2 Å². The van der Waals surface area contributed by atoms with Crippen molar-refractivity contribution >= 4 is 23.6 Å². The summed E-state index contributed by atoms with van der Waals surface area (Å²) in [6, 6.07) is 3.62. The number of thioether (sulfide) groups is 1. The SMILES string of the molecule is CN(C)C(=O)CN1CCN(C(=O)CSc2nnc(-c3ccco3)n2C)CC1. The minimum atomic E-state index is 0.0705. The number of likely N-dealkylation sites (N-methyl/N-ethyl adjacent to an activating group) is 1. The van der Waals surface area contributed by atoms with Crippen LogP contribution < -0.4 is 0 Å². The van der Waals surface area contributed by atoms with Gasteiger partial charge in [-0.05, 0) is 12.1 Å². The molecule has 1 aliphatic heterocycles. The smallest absolute Gasteiger partial charge is 0.236 e. The van der Waals surface area contributed by atoms with Crippen LogP contribution in [0.25, 0.3) is 11.6 Å². The van der Waals surface area contributed by atoms with Gasteiger partial charge < -0.3 is 18.8 Å². The molecule has 10 heteroatoms. The Hall–Kier alpha value is -2.33. The van der Waals surface area contributed by atoms with E-state index in [9.17, 15) is 9.59 Å². The predicted octanol–water partition coefficient (Wildman–Crippen LogP) is 0.400. The average molecular weight is 392 g/mol. The Morgan fingerprint density at radius 3 is 2.59 bits per heavy atom. The number of aromatic nitrogens is 3.